The molecule has 0 unspecified atom stereocenters. The minimum atomic E-state index is -4.43. The van der Waals surface area contributed by atoms with E-state index in [1.807, 2.05) is 0 Å². The molecule has 3 N–H and O–H groups in total. The Labute approximate surface area is 112 Å². The van der Waals surface area contributed by atoms with Gasteiger partial charge in [-0.3, -0.25) is 0 Å². The Bertz CT molecular complexity index is 403. The summed E-state index contributed by atoms with van der Waals surface area (Å²) in [4.78, 5) is 0.865. The van der Waals surface area contributed by atoms with E-state index in [2.05, 4.69) is 0 Å². The topological polar surface area (TPSA) is 49.5 Å². The summed E-state index contributed by atoms with van der Waals surface area (Å²) in [5.41, 5.74) is 5.74. The maximum atomic E-state index is 12.4. The number of nitrogens with zero attached hydrogens (tertiary/aromatic N) is 1. The van der Waals surface area contributed by atoms with Crippen LogP contribution in [0.3, 0.4) is 0 Å². The summed E-state index contributed by atoms with van der Waals surface area (Å²) in [6, 6.07) is 2.62. The first kappa shape index (κ1) is 15.2. The molecule has 0 heterocycles. The van der Waals surface area contributed by atoms with E-state index >= 15 is 0 Å². The number of aliphatic hydroxyl groups is 1. The monoisotopic (exact) mass is 302 g/mol. The van der Waals surface area contributed by atoms with Crippen molar-refractivity contribution < 1.29 is 18.3 Å². The summed E-state index contributed by atoms with van der Waals surface area (Å²) in [5.74, 6) is 0. The fourth-order valence-corrected chi connectivity index (χ4v) is 2.24. The number of alkyl halides is 3. The Morgan fingerprint density at radius 3 is 2.11 bits per heavy atom. The van der Waals surface area contributed by atoms with Crippen molar-refractivity contribution in [1.82, 2.24) is 0 Å². The van der Waals surface area contributed by atoms with Gasteiger partial charge in [0, 0.05) is 12.2 Å². The molecule has 0 saturated carbocycles. The quantitative estimate of drug-likeness (QED) is 0.841. The van der Waals surface area contributed by atoms with Gasteiger partial charge in [-0.15, -0.1) is 0 Å². The second kappa shape index (κ2) is 5.86. The van der Waals surface area contributed by atoms with Crippen LogP contribution in [-0.4, -0.2) is 31.0 Å². The molecule has 3 nitrogen and oxygen atoms in total. The van der Waals surface area contributed by atoms with Crippen LogP contribution in [0.1, 0.15) is 0 Å². The highest BCUT2D eigenvalue weighted by molar-refractivity contribution is 6.39. The van der Waals surface area contributed by atoms with Crippen molar-refractivity contribution in [2.24, 2.45) is 0 Å². The molecular weight excluding hydrogens is 292 g/mol. The van der Waals surface area contributed by atoms with Crippen LogP contribution in [0.2, 0.25) is 10.0 Å². The molecule has 1 aromatic rings. The molecule has 1 rings (SSSR count). The molecule has 0 amide bonds. The zero-order chi connectivity index (χ0) is 13.9. The maximum Gasteiger partial charge on any atom is 0.405 e. The van der Waals surface area contributed by atoms with Gasteiger partial charge < -0.3 is 15.7 Å². The molecule has 0 radical (unpaired) electrons. The molecule has 18 heavy (non-hydrogen) atoms. The summed E-state index contributed by atoms with van der Waals surface area (Å²) in [6.07, 6.45) is -4.43. The molecule has 102 valence electrons. The molecular formula is C10H11Cl2F3N2O. The zero-order valence-electron chi connectivity index (χ0n) is 9.14. The highest BCUT2D eigenvalue weighted by atomic mass is 35.5. The van der Waals surface area contributed by atoms with Gasteiger partial charge in [-0.25, -0.2) is 0 Å². The van der Waals surface area contributed by atoms with E-state index in [0.29, 0.717) is 0 Å². The third kappa shape index (κ3) is 4.12. The van der Waals surface area contributed by atoms with E-state index in [-0.39, 0.29) is 28.0 Å². The van der Waals surface area contributed by atoms with Crippen LogP contribution in [0.4, 0.5) is 24.5 Å². The minimum absolute atomic E-state index is 0.0118. The normalized spacial score (nSPS) is 11.7. The van der Waals surface area contributed by atoms with Crippen LogP contribution >= 0.6 is 23.2 Å². The van der Waals surface area contributed by atoms with Gasteiger partial charge in [-0.1, -0.05) is 23.2 Å². The van der Waals surface area contributed by atoms with Crippen molar-refractivity contribution in [2.45, 2.75) is 6.18 Å². The summed E-state index contributed by atoms with van der Waals surface area (Å²) in [5, 5.41) is 8.83. The lowest BCUT2D eigenvalue weighted by Crippen LogP contribution is -2.36. The number of anilines is 2. The molecule has 0 aliphatic rings. The van der Waals surface area contributed by atoms with Gasteiger partial charge in [0.25, 0.3) is 0 Å². The molecule has 0 aliphatic carbocycles. The molecule has 0 fully saturated rings. The average Bonchev–Trinajstić information content (AvgIpc) is 2.13. The van der Waals surface area contributed by atoms with Crippen LogP contribution in [0.5, 0.6) is 0 Å². The number of rotatable bonds is 4. The first-order chi connectivity index (χ1) is 8.24. The molecule has 1 aromatic carbocycles. The number of aliphatic hydroxyl groups excluding tert-OH is 1. The lowest BCUT2D eigenvalue weighted by atomic mass is 10.2. The van der Waals surface area contributed by atoms with Crippen molar-refractivity contribution in [3.05, 3.63) is 22.2 Å². The summed E-state index contributed by atoms with van der Waals surface area (Å²) < 4.78 is 37.3. The molecule has 0 atom stereocenters. The van der Waals surface area contributed by atoms with E-state index in [9.17, 15) is 13.2 Å². The van der Waals surface area contributed by atoms with Gasteiger partial charge in [0.2, 0.25) is 0 Å². The lowest BCUT2D eigenvalue weighted by Gasteiger charge is -2.27. The van der Waals surface area contributed by atoms with Gasteiger partial charge in [0.15, 0.2) is 0 Å². The molecule has 0 spiro atoms. The van der Waals surface area contributed by atoms with Gasteiger partial charge in [0.1, 0.15) is 6.54 Å². The molecule has 0 saturated heterocycles. The van der Waals surface area contributed by atoms with E-state index in [0.717, 1.165) is 4.90 Å². The van der Waals surface area contributed by atoms with Crippen molar-refractivity contribution >= 4 is 34.6 Å². The standard InChI is InChI=1S/C10H11Cl2F3N2O/c11-7-3-6(16)4-8(12)9(7)17(1-2-18)5-10(13,14)15/h3-4,18H,1-2,5,16H2. The molecule has 0 bridgehead atoms. The summed E-state index contributed by atoms with van der Waals surface area (Å²) in [6.45, 7) is -1.94. The second-order valence-electron chi connectivity index (χ2n) is 3.59. The summed E-state index contributed by atoms with van der Waals surface area (Å²) in [7, 11) is 0. The van der Waals surface area contributed by atoms with Crippen LogP contribution in [0.25, 0.3) is 0 Å². The van der Waals surface area contributed by atoms with Crippen molar-refractivity contribution in [3.8, 4) is 0 Å². The Morgan fingerprint density at radius 1 is 1.22 bits per heavy atom. The first-order valence-electron chi connectivity index (χ1n) is 4.91. The van der Waals surface area contributed by atoms with Gasteiger partial charge in [-0.2, -0.15) is 13.2 Å². The number of hydrogen-bond acceptors (Lipinski definition) is 3. The van der Waals surface area contributed by atoms with Crippen LogP contribution in [0, 0.1) is 0 Å². The predicted octanol–water partition coefficient (Wildman–Crippen LogP) is 2.94. The van der Waals surface area contributed by atoms with Crippen LogP contribution in [-0.2, 0) is 0 Å². The van der Waals surface area contributed by atoms with Crippen molar-refractivity contribution in [2.75, 3.05) is 30.3 Å². The fourth-order valence-electron chi connectivity index (χ4n) is 1.49. The fraction of sp³-hybridized carbons (Fsp3) is 0.400. The van der Waals surface area contributed by atoms with Crippen molar-refractivity contribution in [3.63, 3.8) is 0 Å². The number of nitrogen functional groups attached to an aromatic ring is 1. The van der Waals surface area contributed by atoms with E-state index < -0.39 is 19.3 Å². The predicted molar refractivity (Wildman–Crippen MR) is 66.2 cm³/mol. The highest BCUT2D eigenvalue weighted by Crippen LogP contribution is 2.37. The minimum Gasteiger partial charge on any atom is -0.399 e. The number of hydrogen-bond donors (Lipinski definition) is 2. The second-order valence-corrected chi connectivity index (χ2v) is 4.41. The zero-order valence-corrected chi connectivity index (χ0v) is 10.6. The maximum absolute atomic E-state index is 12.4. The number of nitrogens with two attached hydrogens (primary N) is 1. The Balaban J connectivity index is 3.13. The van der Waals surface area contributed by atoms with Crippen LogP contribution in [0.15, 0.2) is 12.1 Å². The Hall–Kier alpha value is -0.850. The SMILES string of the molecule is Nc1cc(Cl)c(N(CCO)CC(F)(F)F)c(Cl)c1. The van der Waals surface area contributed by atoms with E-state index in [1.165, 1.54) is 12.1 Å². The molecule has 0 aliphatic heterocycles. The number of benzene rings is 1. The van der Waals surface area contributed by atoms with Gasteiger partial charge in [0.05, 0.1) is 22.3 Å². The third-order valence-electron chi connectivity index (χ3n) is 2.10. The smallest absolute Gasteiger partial charge is 0.399 e. The Morgan fingerprint density at radius 2 is 1.72 bits per heavy atom. The largest absolute Gasteiger partial charge is 0.405 e. The summed E-state index contributed by atoms with van der Waals surface area (Å²) >= 11 is 11.7. The Kier molecular flexibility index (Phi) is 4.95. The lowest BCUT2D eigenvalue weighted by molar-refractivity contribution is -0.119. The third-order valence-corrected chi connectivity index (χ3v) is 2.67. The average molecular weight is 303 g/mol. The highest BCUT2D eigenvalue weighted by Gasteiger charge is 2.32. The van der Waals surface area contributed by atoms with Gasteiger partial charge in [-0.05, 0) is 12.1 Å². The van der Waals surface area contributed by atoms with Gasteiger partial charge >= 0.3 is 6.18 Å². The molecule has 0 aromatic heterocycles. The van der Waals surface area contributed by atoms with E-state index in [4.69, 9.17) is 34.0 Å². The molecule has 8 heteroatoms. The van der Waals surface area contributed by atoms with E-state index in [1.54, 1.807) is 0 Å². The number of halogens is 5. The van der Waals surface area contributed by atoms with Crippen LogP contribution < -0.4 is 10.6 Å². The van der Waals surface area contributed by atoms with Crippen molar-refractivity contribution in [1.29, 1.82) is 0 Å². The first-order valence-corrected chi connectivity index (χ1v) is 5.67.